The lowest BCUT2D eigenvalue weighted by molar-refractivity contribution is 0.0978. The SMILES string of the molecule is CCN1CCC=C1OCCCN(C(=O)c1c(Cl)cccc1Cl)c1ccccn1. The first-order chi connectivity index (χ1) is 13.6. The van der Waals surface area contributed by atoms with E-state index in [1.54, 1.807) is 35.4 Å². The molecule has 3 rings (SSSR count). The minimum atomic E-state index is -0.274. The van der Waals surface area contributed by atoms with Gasteiger partial charge in [-0.1, -0.05) is 35.3 Å². The summed E-state index contributed by atoms with van der Waals surface area (Å²) in [5, 5.41) is 0.647. The van der Waals surface area contributed by atoms with E-state index in [2.05, 4.69) is 22.9 Å². The molecule has 5 nitrogen and oxygen atoms in total. The van der Waals surface area contributed by atoms with Gasteiger partial charge in [0.05, 0.1) is 22.2 Å². The van der Waals surface area contributed by atoms with E-state index in [-0.39, 0.29) is 11.5 Å². The van der Waals surface area contributed by atoms with Crippen LogP contribution >= 0.6 is 23.2 Å². The van der Waals surface area contributed by atoms with Gasteiger partial charge in [-0.05, 0) is 50.1 Å². The van der Waals surface area contributed by atoms with Crippen molar-refractivity contribution in [3.8, 4) is 0 Å². The average Bonchev–Trinajstić information content (AvgIpc) is 3.16. The van der Waals surface area contributed by atoms with Crippen molar-refractivity contribution < 1.29 is 9.53 Å². The first kappa shape index (κ1) is 20.5. The smallest absolute Gasteiger partial charge is 0.262 e. The van der Waals surface area contributed by atoms with Crippen molar-refractivity contribution in [3.63, 3.8) is 0 Å². The highest BCUT2D eigenvalue weighted by Gasteiger charge is 2.23. The van der Waals surface area contributed by atoms with Gasteiger partial charge in [0.25, 0.3) is 5.91 Å². The predicted molar refractivity (Wildman–Crippen MR) is 113 cm³/mol. The summed E-state index contributed by atoms with van der Waals surface area (Å²) in [6.45, 7) is 4.98. The molecule has 0 atom stereocenters. The second kappa shape index (κ2) is 9.80. The Morgan fingerprint density at radius 3 is 2.68 bits per heavy atom. The zero-order valence-corrected chi connectivity index (χ0v) is 17.3. The Labute approximate surface area is 175 Å². The molecule has 0 saturated heterocycles. The number of ether oxygens (including phenoxy) is 1. The topological polar surface area (TPSA) is 45.7 Å². The number of carbonyl (C=O) groups excluding carboxylic acids is 1. The highest BCUT2D eigenvalue weighted by atomic mass is 35.5. The van der Waals surface area contributed by atoms with Gasteiger partial charge in [0.15, 0.2) is 5.88 Å². The first-order valence-electron chi connectivity index (χ1n) is 9.36. The summed E-state index contributed by atoms with van der Waals surface area (Å²) in [5.41, 5.74) is 0.285. The average molecular weight is 420 g/mol. The van der Waals surface area contributed by atoms with Gasteiger partial charge in [-0.25, -0.2) is 4.98 Å². The minimum Gasteiger partial charge on any atom is -0.479 e. The number of benzene rings is 1. The van der Waals surface area contributed by atoms with E-state index in [4.69, 9.17) is 27.9 Å². The van der Waals surface area contributed by atoms with Crippen molar-refractivity contribution in [2.75, 3.05) is 31.1 Å². The lowest BCUT2D eigenvalue weighted by Gasteiger charge is -2.24. The van der Waals surface area contributed by atoms with Crippen LogP contribution in [0.2, 0.25) is 10.0 Å². The number of pyridine rings is 1. The number of hydrogen-bond donors (Lipinski definition) is 0. The number of anilines is 1. The number of aromatic nitrogens is 1. The van der Waals surface area contributed by atoms with Gasteiger partial charge in [0, 0.05) is 25.8 Å². The van der Waals surface area contributed by atoms with Crippen molar-refractivity contribution in [1.82, 2.24) is 9.88 Å². The number of hydrogen-bond acceptors (Lipinski definition) is 4. The van der Waals surface area contributed by atoms with E-state index in [0.717, 1.165) is 25.4 Å². The minimum absolute atomic E-state index is 0.274. The fraction of sp³-hybridized carbons (Fsp3) is 0.333. The molecule has 0 aliphatic carbocycles. The van der Waals surface area contributed by atoms with Crippen molar-refractivity contribution in [2.24, 2.45) is 0 Å². The zero-order chi connectivity index (χ0) is 19.9. The third-order valence-corrected chi connectivity index (χ3v) is 5.16. The van der Waals surface area contributed by atoms with Gasteiger partial charge >= 0.3 is 0 Å². The second-order valence-electron chi connectivity index (χ2n) is 6.35. The van der Waals surface area contributed by atoms with Gasteiger partial charge < -0.3 is 9.64 Å². The first-order valence-corrected chi connectivity index (χ1v) is 10.1. The van der Waals surface area contributed by atoms with Crippen LogP contribution in [0.1, 0.15) is 30.1 Å². The molecule has 2 heterocycles. The molecule has 1 aliphatic rings. The Morgan fingerprint density at radius 1 is 1.21 bits per heavy atom. The van der Waals surface area contributed by atoms with E-state index < -0.39 is 0 Å². The van der Waals surface area contributed by atoms with E-state index in [1.165, 1.54) is 0 Å². The second-order valence-corrected chi connectivity index (χ2v) is 7.17. The van der Waals surface area contributed by atoms with Crippen LogP contribution in [0.5, 0.6) is 0 Å². The molecule has 0 spiro atoms. The monoisotopic (exact) mass is 419 g/mol. The van der Waals surface area contributed by atoms with E-state index in [1.807, 2.05) is 12.1 Å². The quantitative estimate of drug-likeness (QED) is 0.564. The molecule has 1 aromatic heterocycles. The molecular weight excluding hydrogens is 397 g/mol. The zero-order valence-electron chi connectivity index (χ0n) is 15.8. The number of rotatable bonds is 8. The molecule has 28 heavy (non-hydrogen) atoms. The Morgan fingerprint density at radius 2 is 2.00 bits per heavy atom. The summed E-state index contributed by atoms with van der Waals surface area (Å²) in [4.78, 5) is 21.3. The number of nitrogens with zero attached hydrogens (tertiary/aromatic N) is 3. The summed E-state index contributed by atoms with van der Waals surface area (Å²) < 4.78 is 5.90. The van der Waals surface area contributed by atoms with E-state index >= 15 is 0 Å². The maximum Gasteiger partial charge on any atom is 0.262 e. The molecule has 0 N–H and O–H groups in total. The van der Waals surface area contributed by atoms with Crippen LogP contribution in [0.4, 0.5) is 5.82 Å². The Bertz CT molecular complexity index is 823. The van der Waals surface area contributed by atoms with Crippen LogP contribution in [-0.2, 0) is 4.74 Å². The van der Waals surface area contributed by atoms with Gasteiger partial charge in [0.1, 0.15) is 5.82 Å². The van der Waals surface area contributed by atoms with Crippen LogP contribution in [0.15, 0.2) is 54.6 Å². The van der Waals surface area contributed by atoms with E-state index in [0.29, 0.717) is 35.4 Å². The largest absolute Gasteiger partial charge is 0.479 e. The summed E-state index contributed by atoms with van der Waals surface area (Å²) in [7, 11) is 0. The molecule has 0 saturated carbocycles. The van der Waals surface area contributed by atoms with Crippen molar-refractivity contribution >= 4 is 34.9 Å². The van der Waals surface area contributed by atoms with Crippen LogP contribution < -0.4 is 4.90 Å². The van der Waals surface area contributed by atoms with Gasteiger partial charge in [-0.2, -0.15) is 0 Å². The third kappa shape index (κ3) is 4.78. The van der Waals surface area contributed by atoms with E-state index in [9.17, 15) is 4.79 Å². The fourth-order valence-electron chi connectivity index (χ4n) is 3.12. The van der Waals surface area contributed by atoms with Gasteiger partial charge in [-0.3, -0.25) is 9.69 Å². The van der Waals surface area contributed by atoms with Crippen LogP contribution in [0.3, 0.4) is 0 Å². The molecule has 148 valence electrons. The highest BCUT2D eigenvalue weighted by Crippen LogP contribution is 2.27. The summed E-state index contributed by atoms with van der Waals surface area (Å²) in [6, 6.07) is 10.5. The number of carbonyl (C=O) groups is 1. The molecule has 0 fully saturated rings. The molecule has 0 unspecified atom stereocenters. The van der Waals surface area contributed by atoms with Crippen LogP contribution in [0.25, 0.3) is 0 Å². The predicted octanol–water partition coefficient (Wildman–Crippen LogP) is 5.01. The van der Waals surface area contributed by atoms with Crippen molar-refractivity contribution in [1.29, 1.82) is 0 Å². The third-order valence-electron chi connectivity index (χ3n) is 4.53. The standard InChI is InChI=1S/C21H23Cl2N3O2/c1-2-25-13-6-11-19(25)28-15-7-14-26(18-10-3-4-12-24-18)21(27)20-16(22)8-5-9-17(20)23/h3-5,8-12H,2,6-7,13-15H2,1H3. The van der Waals surface area contributed by atoms with Gasteiger partial charge in [0.2, 0.25) is 0 Å². The maximum absolute atomic E-state index is 13.2. The molecule has 1 aliphatic heterocycles. The molecule has 7 heteroatoms. The Hall–Kier alpha value is -2.24. The normalized spacial score (nSPS) is 13.4. The number of halogens is 2. The van der Waals surface area contributed by atoms with Crippen LogP contribution in [0, 0.1) is 0 Å². The van der Waals surface area contributed by atoms with Gasteiger partial charge in [-0.15, -0.1) is 0 Å². The summed E-state index contributed by atoms with van der Waals surface area (Å²) >= 11 is 12.5. The lowest BCUT2D eigenvalue weighted by atomic mass is 10.2. The molecular formula is C21H23Cl2N3O2. The Balaban J connectivity index is 1.71. The molecule has 0 bridgehead atoms. The molecule has 1 aromatic carbocycles. The number of amides is 1. The molecule has 2 aromatic rings. The van der Waals surface area contributed by atoms with Crippen molar-refractivity contribution in [2.45, 2.75) is 19.8 Å². The Kier molecular flexibility index (Phi) is 7.18. The fourth-order valence-corrected chi connectivity index (χ4v) is 3.68. The summed E-state index contributed by atoms with van der Waals surface area (Å²) in [6.07, 6.45) is 5.42. The molecule has 0 radical (unpaired) electrons. The maximum atomic E-state index is 13.2. The van der Waals surface area contributed by atoms with Crippen molar-refractivity contribution in [3.05, 3.63) is 70.2 Å². The lowest BCUT2D eigenvalue weighted by Crippen LogP contribution is -2.33. The molecule has 1 amide bonds. The summed E-state index contributed by atoms with van der Waals surface area (Å²) in [5.74, 6) is 1.20. The van der Waals surface area contributed by atoms with Crippen LogP contribution in [-0.4, -0.2) is 42.0 Å². The highest BCUT2D eigenvalue weighted by molar-refractivity contribution is 6.40.